The third-order valence-electron chi connectivity index (χ3n) is 4.62. The van der Waals surface area contributed by atoms with Crippen molar-refractivity contribution < 1.29 is 27.2 Å². The van der Waals surface area contributed by atoms with Crippen LogP contribution < -0.4 is 10.6 Å². The van der Waals surface area contributed by atoms with Crippen LogP contribution in [0.15, 0.2) is 48.1 Å². The van der Waals surface area contributed by atoms with Gasteiger partial charge in [-0.15, -0.1) is 0 Å². The fourth-order valence-corrected chi connectivity index (χ4v) is 3.43. The molecule has 182 valence electrons. The van der Waals surface area contributed by atoms with Crippen molar-refractivity contribution in [3.05, 3.63) is 59.2 Å². The van der Waals surface area contributed by atoms with Crippen LogP contribution in [0.25, 0.3) is 0 Å². The highest BCUT2D eigenvalue weighted by Gasteiger charge is 2.28. The van der Waals surface area contributed by atoms with E-state index >= 15 is 0 Å². The van der Waals surface area contributed by atoms with E-state index in [0.29, 0.717) is 17.7 Å². The van der Waals surface area contributed by atoms with Crippen LogP contribution in [0.3, 0.4) is 0 Å². The molecule has 1 heterocycles. The lowest BCUT2D eigenvalue weighted by Gasteiger charge is -2.23. The molecule has 1 aliphatic heterocycles. The predicted molar refractivity (Wildman–Crippen MR) is 125 cm³/mol. The number of carbonyl (C=O) groups is 2. The van der Waals surface area contributed by atoms with Crippen molar-refractivity contribution in [3.63, 3.8) is 0 Å². The summed E-state index contributed by atoms with van der Waals surface area (Å²) in [7, 11) is 0. The van der Waals surface area contributed by atoms with Crippen molar-refractivity contribution >= 4 is 23.2 Å². The molecule has 0 aliphatic carbocycles. The van der Waals surface area contributed by atoms with Gasteiger partial charge in [0.1, 0.15) is 0 Å². The van der Waals surface area contributed by atoms with Crippen molar-refractivity contribution in [1.29, 1.82) is 0 Å². The van der Waals surface area contributed by atoms with Crippen LogP contribution >= 0.6 is 0 Å². The number of hydrogen-bond donors (Lipinski definition) is 2. The van der Waals surface area contributed by atoms with Gasteiger partial charge in [-0.05, 0) is 56.0 Å². The number of carbonyl (C=O) groups excluding carboxylic acids is 2. The Morgan fingerprint density at radius 3 is 2.30 bits per heavy atom. The van der Waals surface area contributed by atoms with Gasteiger partial charge in [0.2, 0.25) is 17.8 Å². The Morgan fingerprint density at radius 2 is 1.79 bits per heavy atom. The number of nitrogens with one attached hydrogen (secondary N) is 2. The summed E-state index contributed by atoms with van der Waals surface area (Å²) in [6, 6.07) is 2.97. The molecule has 0 fully saturated rings. The van der Waals surface area contributed by atoms with E-state index in [0.717, 1.165) is 13.8 Å². The summed E-state index contributed by atoms with van der Waals surface area (Å²) in [5.74, 6) is -7.00. The first kappa shape index (κ1) is 28.1. The van der Waals surface area contributed by atoms with Gasteiger partial charge >= 0.3 is 0 Å². The average Bonchev–Trinajstić information content (AvgIpc) is 2.70. The number of hydrogen-bond acceptors (Lipinski definition) is 2. The second-order valence-corrected chi connectivity index (χ2v) is 7.81. The molecule has 8 heteroatoms. The molecule has 0 radical (unpaired) electrons. The normalized spacial score (nSPS) is 14.5. The van der Waals surface area contributed by atoms with Crippen molar-refractivity contribution in [3.8, 4) is 0 Å². The predicted octanol–water partition coefficient (Wildman–Crippen LogP) is 6.84. The number of amides is 2. The van der Waals surface area contributed by atoms with Gasteiger partial charge in [0.15, 0.2) is 0 Å². The van der Waals surface area contributed by atoms with Crippen molar-refractivity contribution in [1.82, 2.24) is 0 Å². The zero-order valence-corrected chi connectivity index (χ0v) is 19.8. The van der Waals surface area contributed by atoms with Gasteiger partial charge in [-0.1, -0.05) is 38.7 Å². The lowest BCUT2D eigenvalue weighted by atomic mass is 9.94. The number of anilines is 2. The number of aryl methyl sites for hydroxylation is 1. The summed E-state index contributed by atoms with van der Waals surface area (Å²) in [5.41, 5.74) is 1.46. The van der Waals surface area contributed by atoms with E-state index in [-0.39, 0.29) is 34.7 Å². The third kappa shape index (κ3) is 8.86. The number of rotatable bonds is 8. The molecule has 2 amide bonds. The summed E-state index contributed by atoms with van der Waals surface area (Å²) < 4.78 is 54.5. The topological polar surface area (TPSA) is 58.2 Å². The zero-order chi connectivity index (χ0) is 25.4. The highest BCUT2D eigenvalue weighted by molar-refractivity contribution is 6.07. The second-order valence-electron chi connectivity index (χ2n) is 7.81. The maximum absolute atomic E-state index is 13.7. The minimum Gasteiger partial charge on any atom is -0.326 e. The van der Waals surface area contributed by atoms with Gasteiger partial charge in [0.05, 0.1) is 0 Å². The molecule has 1 aromatic rings. The molecule has 0 saturated carbocycles. The molecule has 0 unspecified atom stereocenters. The molecule has 2 N–H and O–H groups in total. The van der Waals surface area contributed by atoms with Crippen LogP contribution in [-0.2, 0) is 22.4 Å². The minimum absolute atomic E-state index is 0.00687. The maximum atomic E-state index is 13.7. The number of benzene rings is 1. The lowest BCUT2D eigenvalue weighted by Crippen LogP contribution is -2.24. The summed E-state index contributed by atoms with van der Waals surface area (Å²) in [6.07, 6.45) is 3.38. The Bertz CT molecular complexity index is 939. The number of halogens is 4. The van der Waals surface area contributed by atoms with E-state index in [9.17, 15) is 27.2 Å². The molecule has 2 rings (SSSR count). The molecule has 0 aromatic heterocycles. The van der Waals surface area contributed by atoms with Gasteiger partial charge in [-0.25, -0.2) is 17.6 Å². The molecular weight excluding hydrogens is 436 g/mol. The molecule has 0 bridgehead atoms. The van der Waals surface area contributed by atoms with Crippen LogP contribution in [0, 0.1) is 0 Å². The molecule has 1 aliphatic rings. The van der Waals surface area contributed by atoms with Gasteiger partial charge < -0.3 is 10.6 Å². The van der Waals surface area contributed by atoms with Crippen molar-refractivity contribution in [2.75, 3.05) is 10.6 Å². The number of fused-ring (bicyclic) bond motifs is 1. The van der Waals surface area contributed by atoms with Gasteiger partial charge in [-0.3, -0.25) is 9.59 Å². The highest BCUT2D eigenvalue weighted by atomic mass is 19.3. The van der Waals surface area contributed by atoms with E-state index in [4.69, 9.17) is 0 Å². The molecular formula is C25H32F4N2O2. The molecule has 0 saturated heterocycles. The lowest BCUT2D eigenvalue weighted by molar-refractivity contribution is -0.116. The van der Waals surface area contributed by atoms with Gasteiger partial charge in [-0.2, -0.15) is 0 Å². The summed E-state index contributed by atoms with van der Waals surface area (Å²) >= 11 is 0. The quantitative estimate of drug-likeness (QED) is 0.249. The SMILES string of the molecule is C=C/C(CC(C)(F)F)=C(\C=C/C)C(=O)Nc1cc2c(c(CC(C)(F)F)c1)NC(=O)CC2.CC. The molecule has 33 heavy (non-hydrogen) atoms. The minimum atomic E-state index is -3.04. The van der Waals surface area contributed by atoms with Crippen LogP contribution in [0.5, 0.6) is 0 Å². The maximum Gasteiger partial charge on any atom is 0.255 e. The van der Waals surface area contributed by atoms with Crippen LogP contribution in [0.4, 0.5) is 28.9 Å². The van der Waals surface area contributed by atoms with Crippen LogP contribution in [-0.4, -0.2) is 23.7 Å². The van der Waals surface area contributed by atoms with E-state index in [2.05, 4.69) is 17.2 Å². The third-order valence-corrected chi connectivity index (χ3v) is 4.62. The van der Waals surface area contributed by atoms with Gasteiger partial charge in [0.25, 0.3) is 5.91 Å². The monoisotopic (exact) mass is 468 g/mol. The summed E-state index contributed by atoms with van der Waals surface area (Å²) in [5, 5.41) is 5.24. The standard InChI is InChI=1S/C23H26F4N2O2.C2H6/c1-5-7-18(14(6-2)12-22(3,24)25)21(31)28-17-10-15-8-9-19(30)29-20(15)16(11-17)13-23(4,26)27;1-2/h5-7,10-11H,2,8-9,12-13H2,1,3-4H3,(H,28,31)(H,29,30);1-2H3/b7-5-,18-14-;. The fourth-order valence-electron chi connectivity index (χ4n) is 3.43. The first-order valence-electron chi connectivity index (χ1n) is 10.8. The zero-order valence-electron chi connectivity index (χ0n) is 19.8. The van der Waals surface area contributed by atoms with Crippen molar-refractivity contribution in [2.24, 2.45) is 0 Å². The largest absolute Gasteiger partial charge is 0.326 e. The Kier molecular flexibility index (Phi) is 10.1. The van der Waals surface area contributed by atoms with Crippen molar-refractivity contribution in [2.45, 2.75) is 72.1 Å². The molecule has 4 nitrogen and oxygen atoms in total. The summed E-state index contributed by atoms with van der Waals surface area (Å²) in [6.45, 7) is 10.7. The summed E-state index contributed by atoms with van der Waals surface area (Å²) in [4.78, 5) is 24.6. The second kappa shape index (κ2) is 11.8. The van der Waals surface area contributed by atoms with E-state index in [1.54, 1.807) is 13.0 Å². The van der Waals surface area contributed by atoms with Crippen LogP contribution in [0.2, 0.25) is 0 Å². The number of allylic oxidation sites excluding steroid dienone is 3. The van der Waals surface area contributed by atoms with E-state index in [1.165, 1.54) is 24.3 Å². The Morgan fingerprint density at radius 1 is 1.15 bits per heavy atom. The number of alkyl halides is 4. The first-order valence-corrected chi connectivity index (χ1v) is 10.8. The van der Waals surface area contributed by atoms with E-state index < -0.39 is 30.6 Å². The Labute approximate surface area is 192 Å². The van der Waals surface area contributed by atoms with Gasteiger partial charge in [0, 0.05) is 36.2 Å². The first-order chi connectivity index (χ1) is 15.3. The molecule has 1 aromatic carbocycles. The average molecular weight is 469 g/mol. The smallest absolute Gasteiger partial charge is 0.255 e. The molecule has 0 spiro atoms. The fraction of sp³-hybridized carbons (Fsp3) is 0.440. The molecule has 0 atom stereocenters. The van der Waals surface area contributed by atoms with E-state index in [1.807, 2.05) is 13.8 Å². The Hall–Kier alpha value is -2.90. The Balaban J connectivity index is 0.00000265. The highest BCUT2D eigenvalue weighted by Crippen LogP contribution is 2.34. The van der Waals surface area contributed by atoms with Crippen LogP contribution in [0.1, 0.15) is 58.6 Å².